The summed E-state index contributed by atoms with van der Waals surface area (Å²) in [6, 6.07) is 0.670. The van der Waals surface area contributed by atoms with Gasteiger partial charge in [0.1, 0.15) is 0 Å². The average molecular weight is 238 g/mol. The molecule has 4 atom stereocenters. The predicted octanol–water partition coefficient (Wildman–Crippen LogP) is 2.89. The topological polar surface area (TPSA) is 24.4 Å². The first-order valence-electron chi connectivity index (χ1n) is 6.79. The van der Waals surface area contributed by atoms with Crippen LogP contribution >= 0.6 is 11.8 Å². The summed E-state index contributed by atoms with van der Waals surface area (Å²) in [6.07, 6.45) is 7.18. The van der Waals surface area contributed by atoms with Crippen LogP contribution in [0.15, 0.2) is 4.99 Å². The number of hydrogen-bond donors (Lipinski definition) is 1. The second-order valence-corrected chi connectivity index (χ2v) is 6.65. The van der Waals surface area contributed by atoms with Gasteiger partial charge in [-0.3, -0.25) is 4.99 Å². The molecule has 0 spiro atoms. The number of nitrogens with zero attached hydrogens (tertiary/aromatic N) is 1. The van der Waals surface area contributed by atoms with E-state index in [9.17, 15) is 0 Å². The van der Waals surface area contributed by atoms with Crippen molar-refractivity contribution in [2.45, 2.75) is 45.1 Å². The minimum absolute atomic E-state index is 0.670. The summed E-state index contributed by atoms with van der Waals surface area (Å²) < 4.78 is 0. The fourth-order valence-electron chi connectivity index (χ4n) is 3.55. The largest absolute Gasteiger partial charge is 0.361 e. The highest BCUT2D eigenvalue weighted by atomic mass is 32.2. The smallest absolute Gasteiger partial charge is 0.156 e. The third-order valence-electron chi connectivity index (χ3n) is 4.60. The van der Waals surface area contributed by atoms with E-state index >= 15 is 0 Å². The molecule has 1 heterocycles. The second-order valence-electron chi connectivity index (χ2n) is 5.64. The number of aliphatic imine (C=N–C) groups is 1. The van der Waals surface area contributed by atoms with E-state index in [2.05, 4.69) is 12.2 Å². The summed E-state index contributed by atoms with van der Waals surface area (Å²) in [6.45, 7) is 3.34. The number of amidine groups is 1. The lowest BCUT2D eigenvalue weighted by atomic mass is 9.89. The van der Waals surface area contributed by atoms with E-state index in [1.807, 2.05) is 11.8 Å². The number of nitrogens with one attached hydrogen (secondary N) is 1. The van der Waals surface area contributed by atoms with Crippen LogP contribution in [0.1, 0.15) is 39.0 Å². The Bertz CT molecular complexity index is 290. The van der Waals surface area contributed by atoms with Gasteiger partial charge in [0.2, 0.25) is 0 Å². The van der Waals surface area contributed by atoms with Gasteiger partial charge in [-0.15, -0.1) is 0 Å². The van der Waals surface area contributed by atoms with Gasteiger partial charge in [-0.25, -0.2) is 0 Å². The van der Waals surface area contributed by atoms with Crippen LogP contribution < -0.4 is 5.32 Å². The summed E-state index contributed by atoms with van der Waals surface area (Å²) in [5, 5.41) is 4.74. The molecule has 0 radical (unpaired) electrons. The Hall–Kier alpha value is -0.180. The van der Waals surface area contributed by atoms with Gasteiger partial charge in [-0.1, -0.05) is 25.1 Å². The molecule has 0 aromatic carbocycles. The molecule has 2 nitrogen and oxygen atoms in total. The van der Waals surface area contributed by atoms with Crippen molar-refractivity contribution in [3.8, 4) is 0 Å². The Morgan fingerprint density at radius 2 is 2.31 bits per heavy atom. The van der Waals surface area contributed by atoms with Crippen molar-refractivity contribution in [1.29, 1.82) is 0 Å². The van der Waals surface area contributed by atoms with Crippen LogP contribution in [0, 0.1) is 17.8 Å². The van der Waals surface area contributed by atoms with Gasteiger partial charge in [-0.05, 0) is 43.4 Å². The van der Waals surface area contributed by atoms with Gasteiger partial charge >= 0.3 is 0 Å². The standard InChI is InChI=1S/C13H22N2S/c1-2-12-8-16-13(15-12)14-7-11-6-9-3-4-10(11)5-9/h9-12H,2-8H2,1H3,(H,14,15). The summed E-state index contributed by atoms with van der Waals surface area (Å²) in [7, 11) is 0. The van der Waals surface area contributed by atoms with Crippen molar-refractivity contribution in [3.63, 3.8) is 0 Å². The molecule has 1 N–H and O–H groups in total. The summed E-state index contributed by atoms with van der Waals surface area (Å²) in [5.74, 6) is 4.20. The Morgan fingerprint density at radius 1 is 1.38 bits per heavy atom. The molecule has 3 fully saturated rings. The van der Waals surface area contributed by atoms with Crippen LogP contribution in [0.25, 0.3) is 0 Å². The lowest BCUT2D eigenvalue weighted by molar-refractivity contribution is 0.342. The van der Waals surface area contributed by atoms with E-state index in [-0.39, 0.29) is 0 Å². The zero-order chi connectivity index (χ0) is 11.0. The normalized spacial score (nSPS) is 44.2. The van der Waals surface area contributed by atoms with Crippen LogP contribution in [0.2, 0.25) is 0 Å². The highest BCUT2D eigenvalue weighted by Gasteiger charge is 2.39. The van der Waals surface area contributed by atoms with Crippen LogP contribution in [0.3, 0.4) is 0 Å². The van der Waals surface area contributed by atoms with Gasteiger partial charge in [0.25, 0.3) is 0 Å². The Kier molecular flexibility index (Phi) is 3.14. The quantitative estimate of drug-likeness (QED) is 0.817. The first-order valence-corrected chi connectivity index (χ1v) is 7.77. The number of rotatable bonds is 3. The highest BCUT2D eigenvalue weighted by molar-refractivity contribution is 8.14. The van der Waals surface area contributed by atoms with Crippen molar-refractivity contribution in [3.05, 3.63) is 0 Å². The van der Waals surface area contributed by atoms with Crippen molar-refractivity contribution < 1.29 is 0 Å². The van der Waals surface area contributed by atoms with Crippen molar-refractivity contribution >= 4 is 16.9 Å². The minimum atomic E-state index is 0.670. The lowest BCUT2D eigenvalue weighted by Gasteiger charge is -2.19. The molecule has 1 aliphatic heterocycles. The molecule has 2 saturated carbocycles. The molecule has 16 heavy (non-hydrogen) atoms. The lowest BCUT2D eigenvalue weighted by Crippen LogP contribution is -2.26. The molecule has 90 valence electrons. The maximum absolute atomic E-state index is 4.79. The molecule has 2 bridgehead atoms. The van der Waals surface area contributed by atoms with E-state index in [1.165, 1.54) is 43.0 Å². The molecular weight excluding hydrogens is 216 g/mol. The van der Waals surface area contributed by atoms with E-state index in [0.29, 0.717) is 6.04 Å². The van der Waals surface area contributed by atoms with Gasteiger partial charge in [0, 0.05) is 18.3 Å². The second kappa shape index (κ2) is 4.59. The molecule has 0 aromatic rings. The first kappa shape index (κ1) is 10.9. The van der Waals surface area contributed by atoms with E-state index in [1.54, 1.807) is 0 Å². The molecule has 2 aliphatic carbocycles. The van der Waals surface area contributed by atoms with Crippen LogP contribution in [-0.4, -0.2) is 23.5 Å². The average Bonchev–Trinajstić information content (AvgIpc) is 3.02. The Morgan fingerprint density at radius 3 is 2.94 bits per heavy atom. The SMILES string of the molecule is CCC1CSC(=NCC2CC3CCC2C3)N1. The molecular formula is C13H22N2S. The molecule has 0 aromatic heterocycles. The van der Waals surface area contributed by atoms with E-state index in [4.69, 9.17) is 4.99 Å². The molecule has 3 rings (SSSR count). The van der Waals surface area contributed by atoms with E-state index in [0.717, 1.165) is 24.3 Å². The summed E-state index contributed by atoms with van der Waals surface area (Å²) in [5.41, 5.74) is 0. The maximum atomic E-state index is 4.79. The molecule has 0 amide bonds. The van der Waals surface area contributed by atoms with Crippen molar-refractivity contribution in [1.82, 2.24) is 5.32 Å². The monoisotopic (exact) mass is 238 g/mol. The van der Waals surface area contributed by atoms with Crippen molar-refractivity contribution in [2.75, 3.05) is 12.3 Å². The molecule has 4 unspecified atom stereocenters. The minimum Gasteiger partial charge on any atom is -0.361 e. The zero-order valence-electron chi connectivity index (χ0n) is 10.1. The van der Waals surface area contributed by atoms with Gasteiger partial charge in [-0.2, -0.15) is 0 Å². The van der Waals surface area contributed by atoms with Crippen molar-refractivity contribution in [2.24, 2.45) is 22.7 Å². The molecule has 3 heteroatoms. The Labute approximate surface area is 103 Å². The van der Waals surface area contributed by atoms with E-state index < -0.39 is 0 Å². The van der Waals surface area contributed by atoms with Gasteiger partial charge in [0.05, 0.1) is 0 Å². The fraction of sp³-hybridized carbons (Fsp3) is 0.923. The highest BCUT2D eigenvalue weighted by Crippen LogP contribution is 2.48. The molecule has 1 saturated heterocycles. The predicted molar refractivity (Wildman–Crippen MR) is 70.9 cm³/mol. The number of fused-ring (bicyclic) bond motifs is 2. The zero-order valence-corrected chi connectivity index (χ0v) is 10.9. The van der Waals surface area contributed by atoms with Crippen LogP contribution in [0.5, 0.6) is 0 Å². The summed E-state index contributed by atoms with van der Waals surface area (Å²) >= 11 is 1.92. The molecule has 3 aliphatic rings. The van der Waals surface area contributed by atoms with Crippen LogP contribution in [-0.2, 0) is 0 Å². The van der Waals surface area contributed by atoms with Gasteiger partial charge < -0.3 is 5.32 Å². The third kappa shape index (κ3) is 2.11. The third-order valence-corrected chi connectivity index (χ3v) is 5.68. The number of thioether (sulfide) groups is 1. The van der Waals surface area contributed by atoms with Crippen LogP contribution in [0.4, 0.5) is 0 Å². The maximum Gasteiger partial charge on any atom is 0.156 e. The summed E-state index contributed by atoms with van der Waals surface area (Å²) in [4.78, 5) is 4.79. The Balaban J connectivity index is 1.51. The number of hydrogen-bond acceptors (Lipinski definition) is 2. The first-order chi connectivity index (χ1) is 7.85. The van der Waals surface area contributed by atoms with Gasteiger partial charge in [0.15, 0.2) is 5.17 Å². The fourth-order valence-corrected chi connectivity index (χ4v) is 4.64.